The fourth-order valence-electron chi connectivity index (χ4n) is 3.46. The number of piperazine rings is 1. The molecule has 0 spiro atoms. The smallest absolute Gasteiger partial charge is 0.243 e. The van der Waals surface area contributed by atoms with E-state index in [9.17, 15) is 13.2 Å². The third-order valence-corrected chi connectivity index (χ3v) is 6.91. The van der Waals surface area contributed by atoms with Crippen molar-refractivity contribution >= 4 is 15.9 Å². The van der Waals surface area contributed by atoms with Crippen molar-refractivity contribution < 1.29 is 17.9 Å². The maximum absolute atomic E-state index is 12.8. The van der Waals surface area contributed by atoms with Gasteiger partial charge in [-0.3, -0.25) is 4.79 Å². The zero-order chi connectivity index (χ0) is 21.7. The lowest BCUT2D eigenvalue weighted by Crippen LogP contribution is -2.50. The number of amides is 1. The third-order valence-electron chi connectivity index (χ3n) is 4.99. The van der Waals surface area contributed by atoms with Gasteiger partial charge in [-0.1, -0.05) is 6.07 Å². The highest BCUT2D eigenvalue weighted by Crippen LogP contribution is 2.19. The lowest BCUT2D eigenvalue weighted by atomic mass is 10.1. The molecule has 0 N–H and O–H groups in total. The first-order valence-corrected chi connectivity index (χ1v) is 11.2. The van der Waals surface area contributed by atoms with E-state index in [0.717, 1.165) is 16.9 Å². The lowest BCUT2D eigenvalue weighted by Gasteiger charge is -2.34. The van der Waals surface area contributed by atoms with Crippen LogP contribution in [0, 0.1) is 25.2 Å². The summed E-state index contributed by atoms with van der Waals surface area (Å²) in [7, 11) is -3.64. The zero-order valence-electron chi connectivity index (χ0n) is 17.2. The lowest BCUT2D eigenvalue weighted by molar-refractivity contribution is -0.132. The number of ether oxygens (including phenoxy) is 1. The van der Waals surface area contributed by atoms with Gasteiger partial charge in [-0.05, 0) is 61.4 Å². The van der Waals surface area contributed by atoms with Crippen LogP contribution in [0.1, 0.15) is 23.1 Å². The normalized spacial score (nSPS) is 14.9. The fourth-order valence-corrected chi connectivity index (χ4v) is 4.88. The van der Waals surface area contributed by atoms with E-state index in [1.54, 1.807) is 4.90 Å². The minimum absolute atomic E-state index is 0.0465. The van der Waals surface area contributed by atoms with Gasteiger partial charge in [0.2, 0.25) is 15.9 Å². The van der Waals surface area contributed by atoms with Crippen molar-refractivity contribution in [2.75, 3.05) is 32.8 Å². The molecule has 1 aliphatic heterocycles. The van der Waals surface area contributed by atoms with Gasteiger partial charge in [0.05, 0.1) is 29.6 Å². The Morgan fingerprint density at radius 1 is 1.03 bits per heavy atom. The molecule has 1 fully saturated rings. The summed E-state index contributed by atoms with van der Waals surface area (Å²) in [6, 6.07) is 13.8. The molecular formula is C22H25N3O4S. The Balaban J connectivity index is 1.50. The first-order valence-electron chi connectivity index (χ1n) is 9.79. The van der Waals surface area contributed by atoms with Crippen molar-refractivity contribution in [1.82, 2.24) is 9.21 Å². The number of hydrogen-bond acceptors (Lipinski definition) is 5. The maximum atomic E-state index is 12.8. The van der Waals surface area contributed by atoms with Gasteiger partial charge in [0.25, 0.3) is 0 Å². The van der Waals surface area contributed by atoms with Crippen molar-refractivity contribution in [1.29, 1.82) is 5.26 Å². The Morgan fingerprint density at radius 2 is 1.63 bits per heavy atom. The summed E-state index contributed by atoms with van der Waals surface area (Å²) in [4.78, 5) is 14.3. The number of rotatable bonds is 6. The van der Waals surface area contributed by atoms with Crippen molar-refractivity contribution in [3.63, 3.8) is 0 Å². The highest BCUT2D eigenvalue weighted by Gasteiger charge is 2.30. The van der Waals surface area contributed by atoms with Gasteiger partial charge in [-0.2, -0.15) is 9.57 Å². The van der Waals surface area contributed by atoms with Gasteiger partial charge in [0, 0.05) is 26.2 Å². The predicted octanol–water partition coefficient (Wildman–Crippen LogP) is 2.48. The Hall–Kier alpha value is -2.89. The molecule has 7 nitrogen and oxygen atoms in total. The van der Waals surface area contributed by atoms with Crippen LogP contribution in [0.15, 0.2) is 47.4 Å². The summed E-state index contributed by atoms with van der Waals surface area (Å²) in [5, 5.41) is 8.86. The first kappa shape index (κ1) is 21.8. The molecule has 0 aromatic heterocycles. The molecule has 0 unspecified atom stereocenters. The molecule has 0 radical (unpaired) electrons. The van der Waals surface area contributed by atoms with Crippen LogP contribution < -0.4 is 4.74 Å². The average molecular weight is 428 g/mol. The maximum Gasteiger partial charge on any atom is 0.243 e. The summed E-state index contributed by atoms with van der Waals surface area (Å²) < 4.78 is 32.6. The van der Waals surface area contributed by atoms with Crippen LogP contribution in [0.5, 0.6) is 5.75 Å². The van der Waals surface area contributed by atoms with Gasteiger partial charge in [0.15, 0.2) is 0 Å². The molecule has 2 aromatic carbocycles. The largest absolute Gasteiger partial charge is 0.493 e. The van der Waals surface area contributed by atoms with Crippen LogP contribution in [0.3, 0.4) is 0 Å². The number of benzene rings is 2. The second-order valence-electron chi connectivity index (χ2n) is 7.34. The molecular weight excluding hydrogens is 402 g/mol. The molecule has 1 aliphatic rings. The molecule has 1 heterocycles. The molecule has 2 aromatic rings. The van der Waals surface area contributed by atoms with Gasteiger partial charge >= 0.3 is 0 Å². The van der Waals surface area contributed by atoms with Crippen molar-refractivity contribution in [2.24, 2.45) is 0 Å². The van der Waals surface area contributed by atoms with E-state index in [1.807, 2.05) is 32.0 Å². The number of nitrogens with zero attached hydrogens (tertiary/aromatic N) is 3. The minimum Gasteiger partial charge on any atom is -0.493 e. The van der Waals surface area contributed by atoms with Crippen molar-refractivity contribution in [2.45, 2.75) is 25.2 Å². The minimum atomic E-state index is -3.64. The number of carbonyl (C=O) groups excluding carboxylic acids is 1. The second-order valence-corrected chi connectivity index (χ2v) is 9.28. The van der Waals surface area contributed by atoms with Gasteiger partial charge in [-0.25, -0.2) is 8.42 Å². The Kier molecular flexibility index (Phi) is 6.75. The number of hydrogen-bond donors (Lipinski definition) is 0. The van der Waals surface area contributed by atoms with E-state index in [-0.39, 0.29) is 36.9 Å². The summed E-state index contributed by atoms with van der Waals surface area (Å²) >= 11 is 0. The molecule has 0 aliphatic carbocycles. The zero-order valence-corrected chi connectivity index (χ0v) is 18.0. The fraction of sp³-hybridized carbons (Fsp3) is 0.364. The molecule has 8 heteroatoms. The molecule has 0 saturated carbocycles. The number of carbonyl (C=O) groups is 1. The average Bonchev–Trinajstić information content (AvgIpc) is 2.73. The van der Waals surface area contributed by atoms with E-state index >= 15 is 0 Å². The third kappa shape index (κ3) is 5.17. The molecule has 0 bridgehead atoms. The standard InChI is InChI=1S/C22H25N3O4S/c1-17-13-18(2)15-20(14-17)29-12-7-22(26)24-8-10-25(11-9-24)30(27,28)21-5-3-19(16-23)4-6-21/h3-6,13-15H,7-12H2,1-2H3. The number of nitriles is 1. The van der Waals surface area contributed by atoms with Crippen molar-refractivity contribution in [3.8, 4) is 11.8 Å². The van der Waals surface area contributed by atoms with Gasteiger partial charge < -0.3 is 9.64 Å². The van der Waals surface area contributed by atoms with Crippen molar-refractivity contribution in [3.05, 3.63) is 59.2 Å². The number of aryl methyl sites for hydroxylation is 2. The van der Waals surface area contributed by atoms with Gasteiger partial charge in [0.1, 0.15) is 5.75 Å². The summed E-state index contributed by atoms with van der Waals surface area (Å²) in [6.45, 7) is 5.45. The first-order chi connectivity index (χ1) is 14.3. The highest BCUT2D eigenvalue weighted by molar-refractivity contribution is 7.89. The SMILES string of the molecule is Cc1cc(C)cc(OCCC(=O)N2CCN(S(=O)(=O)c3ccc(C#N)cc3)CC2)c1. The second kappa shape index (κ2) is 9.28. The molecule has 158 valence electrons. The Morgan fingerprint density at radius 3 is 2.20 bits per heavy atom. The van der Waals surface area contributed by atoms with Crippen LogP contribution in [-0.4, -0.2) is 56.3 Å². The molecule has 30 heavy (non-hydrogen) atoms. The highest BCUT2D eigenvalue weighted by atomic mass is 32.2. The van der Waals surface area contributed by atoms with Crippen LogP contribution in [0.4, 0.5) is 0 Å². The van der Waals surface area contributed by atoms with E-state index in [4.69, 9.17) is 10.00 Å². The van der Waals surface area contributed by atoms with Crippen LogP contribution in [0.2, 0.25) is 0 Å². The summed E-state index contributed by atoms with van der Waals surface area (Å²) in [5.41, 5.74) is 2.62. The summed E-state index contributed by atoms with van der Waals surface area (Å²) in [5.74, 6) is 0.702. The summed E-state index contributed by atoms with van der Waals surface area (Å²) in [6.07, 6.45) is 0.245. The predicted molar refractivity (Wildman–Crippen MR) is 113 cm³/mol. The Bertz CT molecular complexity index is 1030. The molecule has 0 atom stereocenters. The molecule has 1 amide bonds. The van der Waals surface area contributed by atoms with Crippen LogP contribution in [-0.2, 0) is 14.8 Å². The van der Waals surface area contributed by atoms with Gasteiger partial charge in [-0.15, -0.1) is 0 Å². The van der Waals surface area contributed by atoms with E-state index in [1.165, 1.54) is 28.6 Å². The molecule has 1 saturated heterocycles. The van der Waals surface area contributed by atoms with E-state index < -0.39 is 10.0 Å². The van der Waals surface area contributed by atoms with Crippen LogP contribution >= 0.6 is 0 Å². The number of sulfonamides is 1. The van der Waals surface area contributed by atoms with E-state index in [0.29, 0.717) is 18.7 Å². The molecule has 3 rings (SSSR count). The van der Waals surface area contributed by atoms with E-state index in [2.05, 4.69) is 6.07 Å². The Labute approximate surface area is 177 Å². The monoisotopic (exact) mass is 427 g/mol. The quantitative estimate of drug-likeness (QED) is 0.706. The van der Waals surface area contributed by atoms with Crippen LogP contribution in [0.25, 0.3) is 0 Å². The topological polar surface area (TPSA) is 90.7 Å².